The van der Waals surface area contributed by atoms with E-state index in [1.165, 1.54) is 0 Å². The molecule has 0 saturated heterocycles. The summed E-state index contributed by atoms with van der Waals surface area (Å²) in [5, 5.41) is 11.8. The molecule has 0 aromatic heterocycles. The number of carbonyl (C=O) groups excluding carboxylic acids is 1. The Labute approximate surface area is 163 Å². The van der Waals surface area contributed by atoms with Crippen LogP contribution in [0.4, 0.5) is 0 Å². The van der Waals surface area contributed by atoms with Crippen molar-refractivity contribution in [1.29, 1.82) is 5.26 Å². The Kier molecular flexibility index (Phi) is 5.40. The molecule has 4 nitrogen and oxygen atoms in total. The monoisotopic (exact) mass is 379 g/mol. The van der Waals surface area contributed by atoms with Gasteiger partial charge in [-0.05, 0) is 41.3 Å². The van der Waals surface area contributed by atoms with Gasteiger partial charge in [-0.15, -0.1) is 0 Å². The molecule has 0 bridgehead atoms. The second-order valence-corrected chi connectivity index (χ2v) is 7.14. The number of hydrogen-bond acceptors (Lipinski definition) is 4. The van der Waals surface area contributed by atoms with Crippen molar-refractivity contribution in [1.82, 2.24) is 0 Å². The van der Waals surface area contributed by atoms with Gasteiger partial charge in [-0.2, -0.15) is 5.26 Å². The normalized spacial score (nSPS) is 20.4. The first kappa shape index (κ1) is 18.8. The number of nitrogens with zero attached hydrogens (tertiary/aromatic N) is 1. The lowest BCUT2D eigenvalue weighted by molar-refractivity contribution is -0.149. The van der Waals surface area contributed by atoms with Crippen LogP contribution in [0.15, 0.2) is 54.6 Å². The molecule has 2 aromatic rings. The fraction of sp³-hybridized carbons (Fsp3) is 0.273. The number of rotatable bonds is 5. The van der Waals surface area contributed by atoms with E-state index in [4.69, 9.17) is 21.1 Å². The zero-order valence-corrected chi connectivity index (χ0v) is 15.7. The van der Waals surface area contributed by atoms with E-state index in [9.17, 15) is 10.1 Å². The van der Waals surface area contributed by atoms with E-state index in [1.807, 2.05) is 50.2 Å². The summed E-state index contributed by atoms with van der Waals surface area (Å²) in [6, 6.07) is 18.3. The van der Waals surface area contributed by atoms with E-state index in [2.05, 4.69) is 11.3 Å². The standard InChI is InChI=1S/C22H18ClNO3/c1-22(2)18(11-12-23)20(22)21(25)27-19(14-24)15-7-6-10-17(13-15)26-16-8-4-3-5-9-16/h3-10,13,18-20H,1-2H3. The van der Waals surface area contributed by atoms with Gasteiger partial charge >= 0.3 is 5.97 Å². The molecule has 136 valence electrons. The van der Waals surface area contributed by atoms with E-state index < -0.39 is 12.1 Å². The number of halogens is 1. The predicted octanol–water partition coefficient (Wildman–Crippen LogP) is 5.06. The second-order valence-electron chi connectivity index (χ2n) is 6.95. The van der Waals surface area contributed by atoms with Crippen LogP contribution in [-0.4, -0.2) is 5.97 Å². The maximum absolute atomic E-state index is 12.5. The van der Waals surface area contributed by atoms with Crippen LogP contribution in [0.25, 0.3) is 0 Å². The average Bonchev–Trinajstić information content (AvgIpc) is 3.21. The molecular weight excluding hydrogens is 362 g/mol. The summed E-state index contributed by atoms with van der Waals surface area (Å²) >= 11 is 5.47. The molecule has 1 aliphatic rings. The maximum Gasteiger partial charge on any atom is 0.312 e. The summed E-state index contributed by atoms with van der Waals surface area (Å²) in [4.78, 5) is 12.5. The number of para-hydroxylation sites is 1. The topological polar surface area (TPSA) is 59.3 Å². The van der Waals surface area contributed by atoms with Crippen LogP contribution in [-0.2, 0) is 9.53 Å². The molecule has 0 amide bonds. The van der Waals surface area contributed by atoms with Crippen molar-refractivity contribution in [3.05, 3.63) is 60.2 Å². The molecule has 3 atom stereocenters. The zero-order valence-electron chi connectivity index (χ0n) is 15.0. The Balaban J connectivity index is 1.73. The van der Waals surface area contributed by atoms with Crippen LogP contribution in [0.2, 0.25) is 0 Å². The summed E-state index contributed by atoms with van der Waals surface area (Å²) in [5.74, 6) is 3.08. The van der Waals surface area contributed by atoms with Gasteiger partial charge in [0.05, 0.1) is 5.92 Å². The molecule has 0 heterocycles. The van der Waals surface area contributed by atoms with Crippen molar-refractivity contribution < 1.29 is 14.3 Å². The Morgan fingerprint density at radius 3 is 2.52 bits per heavy atom. The summed E-state index contributed by atoms with van der Waals surface area (Å²) in [6.45, 7) is 3.86. The number of benzene rings is 2. The number of esters is 1. The SMILES string of the molecule is CC1(C)C(C#CCl)C1C(=O)OC(C#N)c1cccc(Oc2ccccc2)c1. The van der Waals surface area contributed by atoms with Crippen LogP contribution >= 0.6 is 11.6 Å². The Morgan fingerprint density at radius 2 is 1.85 bits per heavy atom. The molecule has 0 radical (unpaired) electrons. The quantitative estimate of drug-likeness (QED) is 0.538. The first-order chi connectivity index (χ1) is 13.0. The van der Waals surface area contributed by atoms with Gasteiger partial charge in [-0.1, -0.05) is 50.1 Å². The van der Waals surface area contributed by atoms with Gasteiger partial charge in [-0.25, -0.2) is 0 Å². The minimum absolute atomic E-state index is 0.158. The van der Waals surface area contributed by atoms with Gasteiger partial charge in [0.25, 0.3) is 0 Å². The van der Waals surface area contributed by atoms with E-state index in [0.717, 1.165) is 0 Å². The fourth-order valence-electron chi connectivity index (χ4n) is 3.13. The molecule has 2 aromatic carbocycles. The van der Waals surface area contributed by atoms with Gasteiger partial charge in [0.15, 0.2) is 0 Å². The highest BCUT2D eigenvalue weighted by molar-refractivity contribution is 6.30. The summed E-state index contributed by atoms with van der Waals surface area (Å²) in [5.41, 5.74) is 0.245. The molecule has 0 spiro atoms. The third kappa shape index (κ3) is 4.08. The number of ether oxygens (including phenoxy) is 2. The van der Waals surface area contributed by atoms with Gasteiger partial charge in [-0.3, -0.25) is 4.79 Å². The van der Waals surface area contributed by atoms with Gasteiger partial charge in [0, 0.05) is 16.9 Å². The number of nitriles is 1. The number of carbonyl (C=O) groups is 1. The van der Waals surface area contributed by atoms with Crippen LogP contribution in [0, 0.1) is 39.9 Å². The lowest BCUT2D eigenvalue weighted by Crippen LogP contribution is -2.14. The van der Waals surface area contributed by atoms with Crippen LogP contribution in [0.5, 0.6) is 11.5 Å². The third-order valence-corrected chi connectivity index (χ3v) is 4.89. The second kappa shape index (κ2) is 7.74. The minimum atomic E-state index is -1.02. The predicted molar refractivity (Wildman–Crippen MR) is 102 cm³/mol. The highest BCUT2D eigenvalue weighted by atomic mass is 35.5. The van der Waals surface area contributed by atoms with Crippen molar-refractivity contribution in [3.63, 3.8) is 0 Å². The molecule has 3 rings (SSSR count). The van der Waals surface area contributed by atoms with Crippen LogP contribution < -0.4 is 4.74 Å². The molecule has 0 N–H and O–H groups in total. The van der Waals surface area contributed by atoms with Gasteiger partial charge in [0.2, 0.25) is 6.10 Å². The molecule has 5 heteroatoms. The molecule has 1 saturated carbocycles. The highest BCUT2D eigenvalue weighted by Crippen LogP contribution is 2.58. The van der Waals surface area contributed by atoms with Crippen molar-refractivity contribution in [3.8, 4) is 28.9 Å². The first-order valence-electron chi connectivity index (χ1n) is 8.51. The zero-order chi connectivity index (χ0) is 19.4. The van der Waals surface area contributed by atoms with Gasteiger partial charge < -0.3 is 9.47 Å². The largest absolute Gasteiger partial charge is 0.457 e. The van der Waals surface area contributed by atoms with E-state index in [0.29, 0.717) is 17.1 Å². The van der Waals surface area contributed by atoms with Gasteiger partial charge in [0.1, 0.15) is 17.6 Å². The molecule has 27 heavy (non-hydrogen) atoms. The summed E-state index contributed by atoms with van der Waals surface area (Å²) < 4.78 is 11.2. The Morgan fingerprint density at radius 1 is 1.15 bits per heavy atom. The Bertz CT molecular complexity index is 937. The summed E-state index contributed by atoms with van der Waals surface area (Å²) in [6.07, 6.45) is -1.02. The lowest BCUT2D eigenvalue weighted by Gasteiger charge is -2.13. The molecule has 1 fully saturated rings. The number of hydrogen-bond donors (Lipinski definition) is 0. The van der Waals surface area contributed by atoms with Crippen molar-refractivity contribution in [2.75, 3.05) is 0 Å². The van der Waals surface area contributed by atoms with E-state index >= 15 is 0 Å². The highest BCUT2D eigenvalue weighted by Gasteiger charge is 2.62. The smallest absolute Gasteiger partial charge is 0.312 e. The third-order valence-electron chi connectivity index (χ3n) is 4.78. The van der Waals surface area contributed by atoms with Crippen LogP contribution in [0.3, 0.4) is 0 Å². The van der Waals surface area contributed by atoms with Crippen LogP contribution in [0.1, 0.15) is 25.5 Å². The van der Waals surface area contributed by atoms with Crippen molar-refractivity contribution in [2.45, 2.75) is 20.0 Å². The molecular formula is C22H18ClNO3. The lowest BCUT2D eigenvalue weighted by atomic mass is 10.1. The first-order valence-corrected chi connectivity index (χ1v) is 8.89. The van der Waals surface area contributed by atoms with E-state index in [1.54, 1.807) is 24.3 Å². The minimum Gasteiger partial charge on any atom is -0.457 e. The maximum atomic E-state index is 12.5. The molecule has 1 aliphatic carbocycles. The molecule has 0 aliphatic heterocycles. The van der Waals surface area contributed by atoms with E-state index in [-0.39, 0.29) is 17.3 Å². The Hall–Kier alpha value is -2.95. The van der Waals surface area contributed by atoms with Crippen molar-refractivity contribution in [2.24, 2.45) is 17.3 Å². The molecule has 3 unspecified atom stereocenters. The average molecular weight is 380 g/mol. The fourth-order valence-corrected chi connectivity index (χ4v) is 3.25. The van der Waals surface area contributed by atoms with Crippen molar-refractivity contribution >= 4 is 17.6 Å². The summed E-state index contributed by atoms with van der Waals surface area (Å²) in [7, 11) is 0.